The Balaban J connectivity index is 2.43. The standard InChI is InChI=1S/C14H24N2/c1-4-12(3)14(15-5-2)10-9-13-8-6-7-11-16-13/h6-8,11-12,14-15H,4-5,9-10H2,1-3H3. The zero-order valence-corrected chi connectivity index (χ0v) is 10.7. The van der Waals surface area contributed by atoms with Crippen LogP contribution in [0.3, 0.4) is 0 Å². The highest BCUT2D eigenvalue weighted by molar-refractivity contribution is 5.03. The smallest absolute Gasteiger partial charge is 0.0404 e. The topological polar surface area (TPSA) is 24.9 Å². The average molecular weight is 220 g/mol. The molecule has 0 aliphatic heterocycles. The van der Waals surface area contributed by atoms with Crippen LogP contribution in [-0.2, 0) is 6.42 Å². The lowest BCUT2D eigenvalue weighted by Crippen LogP contribution is -2.35. The summed E-state index contributed by atoms with van der Waals surface area (Å²) in [5.41, 5.74) is 1.20. The molecule has 1 N–H and O–H groups in total. The summed E-state index contributed by atoms with van der Waals surface area (Å²) in [4.78, 5) is 4.37. The summed E-state index contributed by atoms with van der Waals surface area (Å²) in [6.07, 6.45) is 5.36. The molecule has 0 fully saturated rings. The van der Waals surface area contributed by atoms with E-state index in [4.69, 9.17) is 0 Å². The van der Waals surface area contributed by atoms with E-state index in [0.29, 0.717) is 6.04 Å². The van der Waals surface area contributed by atoms with Gasteiger partial charge in [-0.05, 0) is 37.4 Å². The summed E-state index contributed by atoms with van der Waals surface area (Å²) in [7, 11) is 0. The van der Waals surface area contributed by atoms with E-state index in [1.807, 2.05) is 12.3 Å². The second-order valence-electron chi connectivity index (χ2n) is 4.41. The zero-order chi connectivity index (χ0) is 11.8. The van der Waals surface area contributed by atoms with Crippen molar-refractivity contribution in [2.75, 3.05) is 6.54 Å². The Bertz CT molecular complexity index is 271. The van der Waals surface area contributed by atoms with Crippen molar-refractivity contribution in [2.24, 2.45) is 5.92 Å². The first-order valence-corrected chi connectivity index (χ1v) is 6.41. The second-order valence-corrected chi connectivity index (χ2v) is 4.41. The number of hydrogen-bond acceptors (Lipinski definition) is 2. The van der Waals surface area contributed by atoms with Crippen molar-refractivity contribution in [3.8, 4) is 0 Å². The Morgan fingerprint density at radius 2 is 2.12 bits per heavy atom. The van der Waals surface area contributed by atoms with Crippen LogP contribution in [0.25, 0.3) is 0 Å². The predicted octanol–water partition coefficient (Wildman–Crippen LogP) is 3.04. The first kappa shape index (κ1) is 13.2. The van der Waals surface area contributed by atoms with E-state index in [-0.39, 0.29) is 0 Å². The molecule has 16 heavy (non-hydrogen) atoms. The number of hydrogen-bond donors (Lipinski definition) is 1. The minimum atomic E-state index is 0.622. The Labute approximate surface area is 99.5 Å². The third-order valence-electron chi connectivity index (χ3n) is 3.23. The van der Waals surface area contributed by atoms with Gasteiger partial charge in [-0.15, -0.1) is 0 Å². The SMILES string of the molecule is CCNC(CCc1ccccn1)C(C)CC. The number of aromatic nitrogens is 1. The first-order chi connectivity index (χ1) is 7.77. The van der Waals surface area contributed by atoms with Crippen LogP contribution in [0.1, 0.15) is 39.3 Å². The quantitative estimate of drug-likeness (QED) is 0.764. The molecule has 1 rings (SSSR count). The van der Waals surface area contributed by atoms with Crippen LogP contribution < -0.4 is 5.32 Å². The molecule has 1 aromatic heterocycles. The number of aryl methyl sites for hydroxylation is 1. The van der Waals surface area contributed by atoms with Crippen LogP contribution in [0.15, 0.2) is 24.4 Å². The van der Waals surface area contributed by atoms with Gasteiger partial charge in [0.2, 0.25) is 0 Å². The molecule has 2 nitrogen and oxygen atoms in total. The summed E-state index contributed by atoms with van der Waals surface area (Å²) < 4.78 is 0. The van der Waals surface area contributed by atoms with Gasteiger partial charge in [0.05, 0.1) is 0 Å². The fourth-order valence-electron chi connectivity index (χ4n) is 1.98. The van der Waals surface area contributed by atoms with Gasteiger partial charge in [-0.25, -0.2) is 0 Å². The van der Waals surface area contributed by atoms with Crippen LogP contribution in [-0.4, -0.2) is 17.6 Å². The van der Waals surface area contributed by atoms with Gasteiger partial charge in [-0.3, -0.25) is 4.98 Å². The Morgan fingerprint density at radius 3 is 2.69 bits per heavy atom. The third kappa shape index (κ3) is 4.31. The largest absolute Gasteiger partial charge is 0.314 e. The molecule has 0 bridgehead atoms. The van der Waals surface area contributed by atoms with Gasteiger partial charge in [-0.2, -0.15) is 0 Å². The van der Waals surface area contributed by atoms with E-state index < -0.39 is 0 Å². The van der Waals surface area contributed by atoms with Crippen LogP contribution in [0.5, 0.6) is 0 Å². The molecule has 1 aromatic rings. The monoisotopic (exact) mass is 220 g/mol. The van der Waals surface area contributed by atoms with Gasteiger partial charge >= 0.3 is 0 Å². The summed E-state index contributed by atoms with van der Waals surface area (Å²) in [6.45, 7) is 7.81. The number of nitrogens with zero attached hydrogens (tertiary/aromatic N) is 1. The van der Waals surface area contributed by atoms with Crippen molar-refractivity contribution in [1.82, 2.24) is 10.3 Å². The molecule has 90 valence electrons. The Morgan fingerprint density at radius 1 is 1.31 bits per heavy atom. The van der Waals surface area contributed by atoms with Crippen molar-refractivity contribution in [3.05, 3.63) is 30.1 Å². The molecular formula is C14H24N2. The molecule has 0 saturated heterocycles. The van der Waals surface area contributed by atoms with E-state index >= 15 is 0 Å². The van der Waals surface area contributed by atoms with Gasteiger partial charge < -0.3 is 5.32 Å². The van der Waals surface area contributed by atoms with E-state index in [1.165, 1.54) is 18.5 Å². The van der Waals surface area contributed by atoms with Crippen molar-refractivity contribution < 1.29 is 0 Å². The van der Waals surface area contributed by atoms with Gasteiger partial charge in [0.1, 0.15) is 0 Å². The summed E-state index contributed by atoms with van der Waals surface area (Å²) in [5, 5.41) is 3.58. The number of pyridine rings is 1. The van der Waals surface area contributed by atoms with E-state index in [2.05, 4.69) is 43.2 Å². The van der Waals surface area contributed by atoms with Gasteiger partial charge in [-0.1, -0.05) is 33.3 Å². The lowest BCUT2D eigenvalue weighted by atomic mass is 9.94. The highest BCUT2D eigenvalue weighted by Crippen LogP contribution is 2.13. The molecule has 2 atom stereocenters. The van der Waals surface area contributed by atoms with Crippen molar-refractivity contribution in [1.29, 1.82) is 0 Å². The maximum absolute atomic E-state index is 4.37. The normalized spacial score (nSPS) is 14.7. The molecule has 0 aliphatic rings. The van der Waals surface area contributed by atoms with Gasteiger partial charge in [0.15, 0.2) is 0 Å². The lowest BCUT2D eigenvalue weighted by Gasteiger charge is -2.23. The van der Waals surface area contributed by atoms with Crippen LogP contribution in [0, 0.1) is 5.92 Å². The molecule has 0 saturated carbocycles. The third-order valence-corrected chi connectivity index (χ3v) is 3.23. The van der Waals surface area contributed by atoms with Crippen LogP contribution >= 0.6 is 0 Å². The summed E-state index contributed by atoms with van der Waals surface area (Å²) >= 11 is 0. The Kier molecular flexibility index (Phi) is 6.09. The van der Waals surface area contributed by atoms with E-state index in [1.54, 1.807) is 0 Å². The zero-order valence-electron chi connectivity index (χ0n) is 10.7. The minimum Gasteiger partial charge on any atom is -0.314 e. The van der Waals surface area contributed by atoms with Crippen molar-refractivity contribution in [3.63, 3.8) is 0 Å². The first-order valence-electron chi connectivity index (χ1n) is 6.41. The highest BCUT2D eigenvalue weighted by atomic mass is 14.9. The highest BCUT2D eigenvalue weighted by Gasteiger charge is 2.14. The molecule has 2 unspecified atom stereocenters. The number of nitrogens with one attached hydrogen (secondary N) is 1. The molecule has 0 aliphatic carbocycles. The molecule has 0 aromatic carbocycles. The summed E-state index contributed by atoms with van der Waals surface area (Å²) in [6, 6.07) is 6.77. The van der Waals surface area contributed by atoms with Crippen molar-refractivity contribution in [2.45, 2.75) is 46.1 Å². The van der Waals surface area contributed by atoms with Gasteiger partial charge in [0, 0.05) is 17.9 Å². The summed E-state index contributed by atoms with van der Waals surface area (Å²) in [5.74, 6) is 0.740. The maximum Gasteiger partial charge on any atom is 0.0404 e. The average Bonchev–Trinajstić information content (AvgIpc) is 2.34. The fourth-order valence-corrected chi connectivity index (χ4v) is 1.98. The van der Waals surface area contributed by atoms with Gasteiger partial charge in [0.25, 0.3) is 0 Å². The van der Waals surface area contributed by atoms with E-state index in [0.717, 1.165) is 18.9 Å². The Hall–Kier alpha value is -0.890. The molecule has 0 spiro atoms. The molecule has 0 amide bonds. The molecular weight excluding hydrogens is 196 g/mol. The molecule has 0 radical (unpaired) electrons. The fraction of sp³-hybridized carbons (Fsp3) is 0.643. The van der Waals surface area contributed by atoms with Crippen LogP contribution in [0.4, 0.5) is 0 Å². The lowest BCUT2D eigenvalue weighted by molar-refractivity contribution is 0.353. The van der Waals surface area contributed by atoms with Crippen LogP contribution in [0.2, 0.25) is 0 Å². The number of rotatable bonds is 7. The minimum absolute atomic E-state index is 0.622. The van der Waals surface area contributed by atoms with E-state index in [9.17, 15) is 0 Å². The maximum atomic E-state index is 4.37. The second kappa shape index (κ2) is 7.39. The van der Waals surface area contributed by atoms with Crippen molar-refractivity contribution >= 4 is 0 Å². The molecule has 1 heterocycles. The molecule has 2 heteroatoms. The predicted molar refractivity (Wildman–Crippen MR) is 69.5 cm³/mol.